The average Bonchev–Trinajstić information content (AvgIpc) is 3.04. The van der Waals surface area contributed by atoms with Crippen LogP contribution in [0.15, 0.2) is 12.5 Å². The van der Waals surface area contributed by atoms with E-state index in [9.17, 15) is 4.79 Å². The predicted molar refractivity (Wildman–Crippen MR) is 63.7 cm³/mol. The van der Waals surface area contributed by atoms with Crippen molar-refractivity contribution >= 4 is 5.97 Å². The van der Waals surface area contributed by atoms with Crippen molar-refractivity contribution in [3.05, 3.63) is 18.2 Å². The van der Waals surface area contributed by atoms with Gasteiger partial charge in [-0.25, -0.2) is 4.98 Å². The van der Waals surface area contributed by atoms with E-state index in [-0.39, 0.29) is 0 Å². The summed E-state index contributed by atoms with van der Waals surface area (Å²) in [7, 11) is 0. The number of hydrogen-bond acceptors (Lipinski definition) is 3. The monoisotopic (exact) mass is 237 g/mol. The van der Waals surface area contributed by atoms with Crippen molar-refractivity contribution in [3.63, 3.8) is 0 Å². The lowest BCUT2D eigenvalue weighted by Gasteiger charge is -2.14. The maximum absolute atomic E-state index is 11.0. The lowest BCUT2D eigenvalue weighted by Crippen LogP contribution is -2.36. The number of carbonyl (C=O) groups is 1. The first-order chi connectivity index (χ1) is 8.22. The molecule has 1 atom stereocenters. The Morgan fingerprint density at radius 3 is 3.06 bits per heavy atom. The van der Waals surface area contributed by atoms with Gasteiger partial charge in [-0.2, -0.15) is 0 Å². The molecule has 0 aromatic carbocycles. The van der Waals surface area contributed by atoms with Crippen molar-refractivity contribution in [1.82, 2.24) is 14.9 Å². The van der Waals surface area contributed by atoms with E-state index in [4.69, 9.17) is 5.11 Å². The molecule has 0 aliphatic heterocycles. The molecular weight excluding hydrogens is 218 g/mol. The van der Waals surface area contributed by atoms with Crippen LogP contribution >= 0.6 is 0 Å². The Hall–Kier alpha value is -1.36. The van der Waals surface area contributed by atoms with Gasteiger partial charge in [-0.15, -0.1) is 0 Å². The molecule has 0 amide bonds. The molecule has 0 saturated heterocycles. The van der Waals surface area contributed by atoms with E-state index in [0.29, 0.717) is 19.0 Å². The number of carboxylic acids is 1. The third-order valence-corrected chi connectivity index (χ3v) is 3.09. The number of nitrogens with zero attached hydrogens (tertiary/aromatic N) is 2. The van der Waals surface area contributed by atoms with Gasteiger partial charge in [0.25, 0.3) is 0 Å². The van der Waals surface area contributed by atoms with E-state index in [1.807, 2.05) is 19.4 Å². The van der Waals surface area contributed by atoms with E-state index < -0.39 is 12.0 Å². The highest BCUT2D eigenvalue weighted by atomic mass is 16.4. The molecule has 2 rings (SSSR count). The minimum absolute atomic E-state index is 0.456. The zero-order valence-electron chi connectivity index (χ0n) is 10.1. The second-order valence-corrected chi connectivity index (χ2v) is 4.58. The Morgan fingerprint density at radius 2 is 2.47 bits per heavy atom. The van der Waals surface area contributed by atoms with Crippen LogP contribution in [0.5, 0.6) is 0 Å². The molecule has 0 radical (unpaired) electrons. The average molecular weight is 237 g/mol. The maximum atomic E-state index is 11.0. The van der Waals surface area contributed by atoms with Crippen LogP contribution in [0.1, 0.15) is 44.3 Å². The normalized spacial score (nSPS) is 17.0. The summed E-state index contributed by atoms with van der Waals surface area (Å²) in [6.45, 7) is 2.57. The van der Waals surface area contributed by atoms with E-state index in [0.717, 1.165) is 12.1 Å². The highest BCUT2D eigenvalue weighted by Crippen LogP contribution is 2.35. The smallest absolute Gasteiger partial charge is 0.320 e. The van der Waals surface area contributed by atoms with Crippen molar-refractivity contribution in [2.45, 2.75) is 51.2 Å². The van der Waals surface area contributed by atoms with E-state index in [1.165, 1.54) is 12.8 Å². The van der Waals surface area contributed by atoms with Crippen LogP contribution in [0.3, 0.4) is 0 Å². The molecule has 1 fully saturated rings. The lowest BCUT2D eigenvalue weighted by molar-refractivity contribution is -0.139. The summed E-state index contributed by atoms with van der Waals surface area (Å²) in [6.07, 6.45) is 7.60. The molecule has 1 aromatic heterocycles. The highest BCUT2D eigenvalue weighted by Gasteiger charge is 2.25. The SMILES string of the molecule is CCCC(NCc1cncn1C1CC1)C(=O)O. The molecule has 1 aliphatic rings. The van der Waals surface area contributed by atoms with Gasteiger partial charge in [0, 0.05) is 18.8 Å². The first kappa shape index (κ1) is 12.1. The number of aliphatic carboxylic acids is 1. The number of imidazole rings is 1. The number of aromatic nitrogens is 2. The van der Waals surface area contributed by atoms with Crippen LogP contribution in [-0.4, -0.2) is 26.7 Å². The first-order valence-corrected chi connectivity index (χ1v) is 6.19. The van der Waals surface area contributed by atoms with Gasteiger partial charge < -0.3 is 9.67 Å². The summed E-state index contributed by atoms with van der Waals surface area (Å²) in [6, 6.07) is 0.131. The van der Waals surface area contributed by atoms with Crippen molar-refractivity contribution in [3.8, 4) is 0 Å². The molecule has 5 heteroatoms. The summed E-state index contributed by atoms with van der Waals surface area (Å²) in [5.74, 6) is -0.774. The molecule has 5 nitrogen and oxygen atoms in total. The Balaban J connectivity index is 1.91. The summed E-state index contributed by atoms with van der Waals surface area (Å²) in [5, 5.41) is 12.1. The Morgan fingerprint density at radius 1 is 1.71 bits per heavy atom. The fourth-order valence-corrected chi connectivity index (χ4v) is 1.98. The van der Waals surface area contributed by atoms with Crippen LogP contribution in [0.4, 0.5) is 0 Å². The fraction of sp³-hybridized carbons (Fsp3) is 0.667. The Labute approximate surface area is 101 Å². The van der Waals surface area contributed by atoms with Crippen LogP contribution in [0.2, 0.25) is 0 Å². The van der Waals surface area contributed by atoms with Crippen molar-refractivity contribution in [1.29, 1.82) is 0 Å². The van der Waals surface area contributed by atoms with Crippen molar-refractivity contribution < 1.29 is 9.90 Å². The lowest BCUT2D eigenvalue weighted by atomic mass is 10.1. The Kier molecular flexibility index (Phi) is 3.78. The number of nitrogens with one attached hydrogen (secondary N) is 1. The number of hydrogen-bond donors (Lipinski definition) is 2. The summed E-state index contributed by atoms with van der Waals surface area (Å²) in [4.78, 5) is 15.1. The topological polar surface area (TPSA) is 67.2 Å². The Bertz CT molecular complexity index is 385. The van der Waals surface area contributed by atoms with Gasteiger partial charge in [-0.1, -0.05) is 13.3 Å². The van der Waals surface area contributed by atoms with Crippen molar-refractivity contribution in [2.24, 2.45) is 0 Å². The largest absolute Gasteiger partial charge is 0.480 e. The summed E-state index contributed by atoms with van der Waals surface area (Å²) >= 11 is 0. The van der Waals surface area contributed by atoms with Gasteiger partial charge in [0.05, 0.1) is 12.0 Å². The van der Waals surface area contributed by atoms with Gasteiger partial charge in [0.2, 0.25) is 0 Å². The first-order valence-electron chi connectivity index (χ1n) is 6.19. The second kappa shape index (κ2) is 5.31. The quantitative estimate of drug-likeness (QED) is 0.755. The molecule has 1 unspecified atom stereocenters. The molecule has 0 spiro atoms. The highest BCUT2D eigenvalue weighted by molar-refractivity contribution is 5.73. The molecule has 1 heterocycles. The molecular formula is C12H19N3O2. The third kappa shape index (κ3) is 3.06. The fourth-order valence-electron chi connectivity index (χ4n) is 1.98. The van der Waals surface area contributed by atoms with E-state index in [1.54, 1.807) is 0 Å². The molecule has 0 bridgehead atoms. The molecule has 1 aromatic rings. The third-order valence-electron chi connectivity index (χ3n) is 3.09. The minimum Gasteiger partial charge on any atom is -0.480 e. The molecule has 1 aliphatic carbocycles. The van der Waals surface area contributed by atoms with E-state index in [2.05, 4.69) is 14.9 Å². The minimum atomic E-state index is -0.774. The zero-order chi connectivity index (χ0) is 12.3. The zero-order valence-corrected chi connectivity index (χ0v) is 10.1. The van der Waals surface area contributed by atoms with Gasteiger partial charge in [-0.3, -0.25) is 10.1 Å². The van der Waals surface area contributed by atoms with Crippen molar-refractivity contribution in [2.75, 3.05) is 0 Å². The standard InChI is InChI=1S/C12H19N3O2/c1-2-3-11(12(16)17)14-7-10-6-13-8-15(10)9-4-5-9/h6,8-9,11,14H,2-5,7H2,1H3,(H,16,17). The van der Waals surface area contributed by atoms with Gasteiger partial charge in [0.15, 0.2) is 0 Å². The molecule has 17 heavy (non-hydrogen) atoms. The molecule has 94 valence electrons. The van der Waals surface area contributed by atoms with Gasteiger partial charge >= 0.3 is 5.97 Å². The van der Waals surface area contributed by atoms with Crippen LogP contribution in [-0.2, 0) is 11.3 Å². The van der Waals surface area contributed by atoms with Crippen LogP contribution in [0, 0.1) is 0 Å². The van der Waals surface area contributed by atoms with Gasteiger partial charge in [0.1, 0.15) is 6.04 Å². The molecule has 1 saturated carbocycles. The summed E-state index contributed by atoms with van der Waals surface area (Å²) < 4.78 is 2.15. The second-order valence-electron chi connectivity index (χ2n) is 4.58. The maximum Gasteiger partial charge on any atom is 0.320 e. The van der Waals surface area contributed by atoms with Gasteiger partial charge in [-0.05, 0) is 19.3 Å². The van der Waals surface area contributed by atoms with Crippen LogP contribution in [0.25, 0.3) is 0 Å². The predicted octanol–water partition coefficient (Wildman–Crippen LogP) is 1.56. The summed E-state index contributed by atoms with van der Waals surface area (Å²) in [5.41, 5.74) is 1.08. The molecule has 2 N–H and O–H groups in total. The number of carboxylic acid groups (broad SMARTS) is 1. The van der Waals surface area contributed by atoms with E-state index >= 15 is 0 Å². The number of rotatable bonds is 7. The van der Waals surface area contributed by atoms with Crippen LogP contribution < -0.4 is 5.32 Å².